The second kappa shape index (κ2) is 7.24. The van der Waals surface area contributed by atoms with Crippen molar-refractivity contribution in [3.63, 3.8) is 0 Å². The number of hydrogen-bond acceptors (Lipinski definition) is 5. The molecule has 0 spiro atoms. The molecular formula is C20H20ClN5O2. The molecule has 4 rings (SSSR count). The number of halogens is 1. The van der Waals surface area contributed by atoms with E-state index in [1.165, 1.54) is 0 Å². The van der Waals surface area contributed by atoms with E-state index in [2.05, 4.69) is 15.0 Å². The van der Waals surface area contributed by atoms with Gasteiger partial charge in [0.2, 0.25) is 5.28 Å². The Morgan fingerprint density at radius 1 is 1.32 bits per heavy atom. The Morgan fingerprint density at radius 3 is 2.93 bits per heavy atom. The Morgan fingerprint density at radius 2 is 2.14 bits per heavy atom. The van der Waals surface area contributed by atoms with Crippen molar-refractivity contribution in [2.24, 2.45) is 0 Å². The molecule has 1 aromatic carbocycles. The first-order chi connectivity index (χ1) is 13.5. The van der Waals surface area contributed by atoms with Gasteiger partial charge in [-0.2, -0.15) is 0 Å². The Kier molecular flexibility index (Phi) is 4.77. The van der Waals surface area contributed by atoms with Crippen LogP contribution in [0.25, 0.3) is 11.4 Å². The minimum atomic E-state index is -0.106. The van der Waals surface area contributed by atoms with Crippen LogP contribution in [0.15, 0.2) is 36.7 Å². The molecule has 0 saturated carbocycles. The Labute approximate surface area is 168 Å². The smallest absolute Gasteiger partial charge is 0.290 e. The van der Waals surface area contributed by atoms with Gasteiger partial charge in [0.15, 0.2) is 5.82 Å². The van der Waals surface area contributed by atoms with E-state index >= 15 is 0 Å². The van der Waals surface area contributed by atoms with Crippen LogP contribution in [0.5, 0.6) is 5.75 Å². The number of methoxy groups -OCH3 is 1. The molecule has 1 unspecified atom stereocenters. The van der Waals surface area contributed by atoms with E-state index in [1.807, 2.05) is 53.8 Å². The number of ether oxygens (including phenoxy) is 1. The molecule has 0 saturated heterocycles. The molecule has 144 valence electrons. The monoisotopic (exact) mass is 397 g/mol. The molecule has 0 aliphatic carbocycles. The maximum Gasteiger partial charge on any atom is 0.290 e. The summed E-state index contributed by atoms with van der Waals surface area (Å²) in [6.45, 7) is 5.09. The van der Waals surface area contributed by atoms with Crippen LogP contribution < -0.4 is 4.74 Å². The fourth-order valence-corrected chi connectivity index (χ4v) is 3.56. The third-order valence-electron chi connectivity index (χ3n) is 4.89. The number of carbonyl (C=O) groups excluding carboxylic acids is 1. The molecule has 0 N–H and O–H groups in total. The van der Waals surface area contributed by atoms with Gasteiger partial charge in [0.25, 0.3) is 5.91 Å². The summed E-state index contributed by atoms with van der Waals surface area (Å²) in [5, 5.41) is 0.158. The summed E-state index contributed by atoms with van der Waals surface area (Å²) in [6, 6.07) is 7.77. The van der Waals surface area contributed by atoms with Crippen LogP contribution in [0.4, 0.5) is 0 Å². The van der Waals surface area contributed by atoms with Gasteiger partial charge in [-0.1, -0.05) is 12.1 Å². The van der Waals surface area contributed by atoms with Crippen molar-refractivity contribution >= 4 is 17.5 Å². The van der Waals surface area contributed by atoms with Crippen LogP contribution in [0.2, 0.25) is 5.28 Å². The molecule has 2 aromatic heterocycles. The van der Waals surface area contributed by atoms with Crippen molar-refractivity contribution in [2.45, 2.75) is 33.0 Å². The molecule has 0 fully saturated rings. The van der Waals surface area contributed by atoms with Crippen molar-refractivity contribution < 1.29 is 9.53 Å². The number of carbonyl (C=O) groups is 1. The van der Waals surface area contributed by atoms with Gasteiger partial charge in [-0.3, -0.25) is 4.79 Å². The zero-order chi connectivity index (χ0) is 19.8. The first kappa shape index (κ1) is 18.4. The van der Waals surface area contributed by atoms with Gasteiger partial charge in [0.1, 0.15) is 11.4 Å². The van der Waals surface area contributed by atoms with Crippen LogP contribution in [0.1, 0.15) is 28.7 Å². The summed E-state index contributed by atoms with van der Waals surface area (Å²) in [4.78, 5) is 27.8. The Balaban J connectivity index is 1.65. The SMILES string of the molecule is COc1cccc(CN2C(=O)c3nc(-c4nc(Cl)ncc4C)cn3CC2C)c1. The number of amides is 1. The summed E-state index contributed by atoms with van der Waals surface area (Å²) < 4.78 is 7.17. The molecule has 3 heterocycles. The van der Waals surface area contributed by atoms with E-state index in [4.69, 9.17) is 16.3 Å². The van der Waals surface area contributed by atoms with E-state index in [1.54, 1.807) is 13.3 Å². The summed E-state index contributed by atoms with van der Waals surface area (Å²) in [5.41, 5.74) is 3.13. The lowest BCUT2D eigenvalue weighted by Gasteiger charge is -2.33. The van der Waals surface area contributed by atoms with Crippen molar-refractivity contribution in [1.82, 2.24) is 24.4 Å². The third kappa shape index (κ3) is 3.33. The molecule has 1 aliphatic rings. The first-order valence-electron chi connectivity index (χ1n) is 8.97. The summed E-state index contributed by atoms with van der Waals surface area (Å²) >= 11 is 5.94. The zero-order valence-electron chi connectivity index (χ0n) is 15.9. The largest absolute Gasteiger partial charge is 0.497 e. The van der Waals surface area contributed by atoms with E-state index in [-0.39, 0.29) is 17.2 Å². The molecule has 7 nitrogen and oxygen atoms in total. The molecular weight excluding hydrogens is 378 g/mol. The normalized spacial score (nSPS) is 16.2. The maximum absolute atomic E-state index is 13.1. The van der Waals surface area contributed by atoms with Gasteiger partial charge in [0.05, 0.1) is 12.8 Å². The lowest BCUT2D eigenvalue weighted by Crippen LogP contribution is -2.46. The van der Waals surface area contributed by atoms with Gasteiger partial charge < -0.3 is 14.2 Å². The number of aromatic nitrogens is 4. The quantitative estimate of drug-likeness (QED) is 0.631. The van der Waals surface area contributed by atoms with Gasteiger partial charge in [-0.25, -0.2) is 15.0 Å². The average molecular weight is 398 g/mol. The summed E-state index contributed by atoms with van der Waals surface area (Å²) in [5.74, 6) is 1.07. The van der Waals surface area contributed by atoms with Gasteiger partial charge in [-0.05, 0) is 48.7 Å². The number of rotatable bonds is 4. The second-order valence-corrected chi connectivity index (χ2v) is 7.24. The Hall–Kier alpha value is -2.93. The molecule has 28 heavy (non-hydrogen) atoms. The standard InChI is InChI=1S/C20H20ClN5O2/c1-12-8-22-20(21)24-17(12)16-11-25-9-13(2)26(19(27)18(25)23-16)10-14-5-4-6-15(7-14)28-3/h4-8,11,13H,9-10H2,1-3H3. The van der Waals surface area contributed by atoms with Gasteiger partial charge in [-0.15, -0.1) is 0 Å². The maximum atomic E-state index is 13.1. The lowest BCUT2D eigenvalue weighted by molar-refractivity contribution is 0.0587. The molecule has 8 heteroatoms. The van der Waals surface area contributed by atoms with Gasteiger partial charge >= 0.3 is 0 Å². The minimum absolute atomic E-state index is 0.0309. The van der Waals surface area contributed by atoms with Gasteiger partial charge in [0, 0.05) is 31.5 Å². The van der Waals surface area contributed by atoms with Crippen LogP contribution in [-0.4, -0.2) is 43.5 Å². The summed E-state index contributed by atoms with van der Waals surface area (Å²) in [6.07, 6.45) is 3.51. The number of imidazole rings is 1. The van der Waals surface area contributed by atoms with E-state index in [9.17, 15) is 4.79 Å². The highest BCUT2D eigenvalue weighted by atomic mass is 35.5. The van der Waals surface area contributed by atoms with E-state index < -0.39 is 0 Å². The number of benzene rings is 1. The fraction of sp³-hybridized carbons (Fsp3) is 0.300. The molecule has 1 atom stereocenters. The fourth-order valence-electron chi connectivity index (χ4n) is 3.43. The van der Waals surface area contributed by atoms with Crippen molar-refractivity contribution in [3.05, 3.63) is 58.9 Å². The average Bonchev–Trinajstić information content (AvgIpc) is 3.11. The third-order valence-corrected chi connectivity index (χ3v) is 5.08. The molecule has 1 aliphatic heterocycles. The van der Waals surface area contributed by atoms with Crippen molar-refractivity contribution in [1.29, 1.82) is 0 Å². The number of hydrogen-bond donors (Lipinski definition) is 0. The topological polar surface area (TPSA) is 73.1 Å². The minimum Gasteiger partial charge on any atom is -0.497 e. The molecule has 0 bridgehead atoms. The number of fused-ring (bicyclic) bond motifs is 1. The highest BCUT2D eigenvalue weighted by Crippen LogP contribution is 2.26. The van der Waals surface area contributed by atoms with Crippen LogP contribution in [-0.2, 0) is 13.1 Å². The molecule has 3 aromatic rings. The van der Waals surface area contributed by atoms with E-state index in [0.29, 0.717) is 30.3 Å². The Bertz CT molecular complexity index is 1050. The predicted octanol–water partition coefficient (Wildman–Crippen LogP) is 3.36. The predicted molar refractivity (Wildman–Crippen MR) is 105 cm³/mol. The van der Waals surface area contributed by atoms with Crippen molar-refractivity contribution in [2.75, 3.05) is 7.11 Å². The number of aryl methyl sites for hydroxylation is 1. The number of nitrogens with zero attached hydrogens (tertiary/aromatic N) is 5. The van der Waals surface area contributed by atoms with Crippen LogP contribution in [0.3, 0.4) is 0 Å². The molecule has 0 radical (unpaired) electrons. The first-order valence-corrected chi connectivity index (χ1v) is 9.34. The highest BCUT2D eigenvalue weighted by Gasteiger charge is 2.32. The highest BCUT2D eigenvalue weighted by molar-refractivity contribution is 6.28. The lowest BCUT2D eigenvalue weighted by atomic mass is 10.1. The van der Waals surface area contributed by atoms with Crippen LogP contribution >= 0.6 is 11.6 Å². The molecule has 1 amide bonds. The van der Waals surface area contributed by atoms with E-state index in [0.717, 1.165) is 16.9 Å². The summed E-state index contributed by atoms with van der Waals surface area (Å²) in [7, 11) is 1.63. The zero-order valence-corrected chi connectivity index (χ0v) is 16.6. The van der Waals surface area contributed by atoms with Crippen molar-refractivity contribution in [3.8, 4) is 17.1 Å². The van der Waals surface area contributed by atoms with Crippen LogP contribution in [0, 0.1) is 6.92 Å². The second-order valence-electron chi connectivity index (χ2n) is 6.91.